The summed E-state index contributed by atoms with van der Waals surface area (Å²) in [6.45, 7) is 2.09. The highest BCUT2D eigenvalue weighted by atomic mass is 32.1. The third-order valence-electron chi connectivity index (χ3n) is 3.00. The third kappa shape index (κ3) is 1.82. The van der Waals surface area contributed by atoms with Crippen LogP contribution in [0.5, 0.6) is 0 Å². The summed E-state index contributed by atoms with van der Waals surface area (Å²) in [5, 5.41) is 0. The molecule has 0 aliphatic heterocycles. The van der Waals surface area contributed by atoms with E-state index in [4.69, 9.17) is 0 Å². The molecule has 3 aromatic rings. The van der Waals surface area contributed by atoms with Crippen LogP contribution in [0.3, 0.4) is 0 Å². The van der Waals surface area contributed by atoms with Crippen LogP contribution in [0, 0.1) is 0 Å². The Labute approximate surface area is 111 Å². The van der Waals surface area contributed by atoms with Gasteiger partial charge in [-0.2, -0.15) is 0 Å². The molecule has 3 heterocycles. The summed E-state index contributed by atoms with van der Waals surface area (Å²) < 4.78 is 1.32. The Morgan fingerprint density at radius 2 is 2.11 bits per heavy atom. The van der Waals surface area contributed by atoms with Gasteiger partial charge in [0, 0.05) is 11.9 Å². The fourth-order valence-electron chi connectivity index (χ4n) is 1.92. The molecule has 0 spiro atoms. The second kappa shape index (κ2) is 4.20. The number of H-pyrrole nitrogens is 2. The van der Waals surface area contributed by atoms with Crippen LogP contribution in [0.1, 0.15) is 11.8 Å². The topological polar surface area (TPSA) is 83.5 Å². The fourth-order valence-corrected chi connectivity index (χ4v) is 2.81. The zero-order chi connectivity index (χ0) is 13.6. The lowest BCUT2D eigenvalue weighted by Gasteiger charge is -1.94. The summed E-state index contributed by atoms with van der Waals surface area (Å²) in [5.74, 6) is 0.617. The predicted molar refractivity (Wildman–Crippen MR) is 74.6 cm³/mol. The molecule has 98 valence electrons. The smallest absolute Gasteiger partial charge is 0.329 e. The number of thiophene rings is 1. The van der Waals surface area contributed by atoms with Crippen molar-refractivity contribution in [1.29, 1.82) is 0 Å². The first-order chi connectivity index (χ1) is 9.10. The van der Waals surface area contributed by atoms with E-state index in [-0.39, 0.29) is 0 Å². The minimum Gasteiger partial charge on any atom is -0.331 e. The Hall–Kier alpha value is -2.15. The number of nitrogens with one attached hydrogen (secondary N) is 2. The Balaban J connectivity index is 2.27. The van der Waals surface area contributed by atoms with E-state index in [2.05, 4.69) is 21.9 Å². The number of aryl methyl sites for hydroxylation is 2. The van der Waals surface area contributed by atoms with Crippen LogP contribution in [0.2, 0.25) is 0 Å². The second-order valence-electron chi connectivity index (χ2n) is 4.22. The van der Waals surface area contributed by atoms with Crippen molar-refractivity contribution >= 4 is 22.5 Å². The number of hydrogen-bond acceptors (Lipinski definition) is 4. The Morgan fingerprint density at radius 1 is 1.32 bits per heavy atom. The lowest BCUT2D eigenvalue weighted by Crippen LogP contribution is -2.28. The molecule has 0 fully saturated rings. The number of fused-ring (bicyclic) bond motifs is 1. The lowest BCUT2D eigenvalue weighted by atomic mass is 10.3. The monoisotopic (exact) mass is 276 g/mol. The minimum absolute atomic E-state index is 0.323. The average molecular weight is 276 g/mol. The van der Waals surface area contributed by atoms with E-state index < -0.39 is 11.2 Å². The van der Waals surface area contributed by atoms with Gasteiger partial charge in [0.15, 0.2) is 11.5 Å². The van der Waals surface area contributed by atoms with Crippen molar-refractivity contribution < 1.29 is 0 Å². The third-order valence-corrected chi connectivity index (χ3v) is 4.23. The molecular formula is C12H12N4O2S. The summed E-state index contributed by atoms with van der Waals surface area (Å²) in [7, 11) is 1.58. The number of rotatable bonds is 2. The standard InChI is InChI=1S/C12H12N4O2S/c1-3-6-4-5-7(19-6)9-13-8-10(14-9)16(2)12(18)15-11(8)17/h4-5H,3H2,1-2H3,(H,13,14)(H,15,17,18). The minimum atomic E-state index is -0.462. The van der Waals surface area contributed by atoms with Crippen LogP contribution < -0.4 is 11.2 Å². The second-order valence-corrected chi connectivity index (χ2v) is 5.39. The Bertz CT molecular complexity index is 868. The highest BCUT2D eigenvalue weighted by molar-refractivity contribution is 7.15. The van der Waals surface area contributed by atoms with Crippen LogP contribution >= 0.6 is 11.3 Å². The van der Waals surface area contributed by atoms with Crippen LogP contribution in [0.15, 0.2) is 21.7 Å². The lowest BCUT2D eigenvalue weighted by molar-refractivity contribution is 0.832. The van der Waals surface area contributed by atoms with Gasteiger partial charge in [0.05, 0.1) is 4.88 Å². The van der Waals surface area contributed by atoms with Crippen molar-refractivity contribution in [2.24, 2.45) is 7.05 Å². The molecule has 3 aromatic heterocycles. The number of aromatic nitrogens is 4. The van der Waals surface area contributed by atoms with Crippen molar-refractivity contribution in [1.82, 2.24) is 19.5 Å². The SMILES string of the molecule is CCc1ccc(-c2nc3c([nH]2)c(=O)[nH]c(=O)n3C)s1. The van der Waals surface area contributed by atoms with E-state index in [1.807, 2.05) is 12.1 Å². The molecule has 19 heavy (non-hydrogen) atoms. The van der Waals surface area contributed by atoms with Crippen LogP contribution in [0.4, 0.5) is 0 Å². The van der Waals surface area contributed by atoms with Gasteiger partial charge in [-0.25, -0.2) is 9.78 Å². The maximum absolute atomic E-state index is 11.7. The van der Waals surface area contributed by atoms with Crippen molar-refractivity contribution in [3.63, 3.8) is 0 Å². The van der Waals surface area contributed by atoms with Crippen LogP contribution in [-0.4, -0.2) is 19.5 Å². The van der Waals surface area contributed by atoms with E-state index in [1.165, 1.54) is 9.44 Å². The van der Waals surface area contributed by atoms with Gasteiger partial charge in [0.2, 0.25) is 0 Å². The molecule has 7 heteroatoms. The number of aromatic amines is 2. The molecule has 6 nitrogen and oxygen atoms in total. The largest absolute Gasteiger partial charge is 0.331 e. The number of hydrogen-bond donors (Lipinski definition) is 2. The molecule has 0 saturated carbocycles. The zero-order valence-corrected chi connectivity index (χ0v) is 11.3. The molecule has 0 bridgehead atoms. The first-order valence-corrected chi connectivity index (χ1v) is 6.70. The Kier molecular flexibility index (Phi) is 2.63. The molecule has 0 aliphatic rings. The summed E-state index contributed by atoms with van der Waals surface area (Å²) in [5.41, 5.74) is -0.209. The zero-order valence-electron chi connectivity index (χ0n) is 10.5. The van der Waals surface area contributed by atoms with Crippen molar-refractivity contribution in [2.75, 3.05) is 0 Å². The fraction of sp³-hybridized carbons (Fsp3) is 0.250. The average Bonchev–Trinajstić information content (AvgIpc) is 3.02. The molecule has 0 atom stereocenters. The van der Waals surface area contributed by atoms with E-state index in [0.29, 0.717) is 17.0 Å². The van der Waals surface area contributed by atoms with Crippen molar-refractivity contribution in [3.05, 3.63) is 37.8 Å². The first kappa shape index (κ1) is 11.9. The molecule has 0 aliphatic carbocycles. The van der Waals surface area contributed by atoms with Gasteiger partial charge in [-0.1, -0.05) is 6.92 Å². The maximum atomic E-state index is 11.7. The first-order valence-electron chi connectivity index (χ1n) is 5.88. The molecular weight excluding hydrogens is 264 g/mol. The quantitative estimate of drug-likeness (QED) is 0.738. The Morgan fingerprint density at radius 3 is 2.79 bits per heavy atom. The predicted octanol–water partition coefficient (Wildman–Crippen LogP) is 1.24. The summed E-state index contributed by atoms with van der Waals surface area (Å²) in [6, 6.07) is 4.00. The van der Waals surface area contributed by atoms with Gasteiger partial charge in [-0.05, 0) is 18.6 Å². The van der Waals surface area contributed by atoms with E-state index in [0.717, 1.165) is 11.3 Å². The van der Waals surface area contributed by atoms with Gasteiger partial charge in [0.25, 0.3) is 5.56 Å². The molecule has 0 saturated heterocycles. The number of imidazole rings is 1. The molecule has 0 radical (unpaired) electrons. The molecule has 3 rings (SSSR count). The van der Waals surface area contributed by atoms with Crippen LogP contribution in [0.25, 0.3) is 21.9 Å². The maximum Gasteiger partial charge on any atom is 0.329 e. The van der Waals surface area contributed by atoms with E-state index >= 15 is 0 Å². The highest BCUT2D eigenvalue weighted by Crippen LogP contribution is 2.26. The van der Waals surface area contributed by atoms with Crippen molar-refractivity contribution in [3.8, 4) is 10.7 Å². The molecule has 0 aromatic carbocycles. The number of nitrogens with zero attached hydrogens (tertiary/aromatic N) is 2. The van der Waals surface area contributed by atoms with Gasteiger partial charge in [-0.3, -0.25) is 14.3 Å². The summed E-state index contributed by atoms with van der Waals surface area (Å²) in [6.07, 6.45) is 0.962. The van der Waals surface area contributed by atoms with Crippen molar-refractivity contribution in [2.45, 2.75) is 13.3 Å². The van der Waals surface area contributed by atoms with Gasteiger partial charge >= 0.3 is 5.69 Å². The summed E-state index contributed by atoms with van der Waals surface area (Å²) >= 11 is 1.62. The van der Waals surface area contributed by atoms with E-state index in [9.17, 15) is 9.59 Å². The normalized spacial score (nSPS) is 11.3. The molecule has 0 amide bonds. The van der Waals surface area contributed by atoms with Crippen LogP contribution in [-0.2, 0) is 13.5 Å². The van der Waals surface area contributed by atoms with Gasteiger partial charge < -0.3 is 4.98 Å². The molecule has 2 N–H and O–H groups in total. The molecule has 0 unspecified atom stereocenters. The van der Waals surface area contributed by atoms with E-state index in [1.54, 1.807) is 18.4 Å². The van der Waals surface area contributed by atoms with Gasteiger partial charge in [-0.15, -0.1) is 11.3 Å². The van der Waals surface area contributed by atoms with Gasteiger partial charge in [0.1, 0.15) is 5.52 Å². The summed E-state index contributed by atoms with van der Waals surface area (Å²) in [4.78, 5) is 35.0. The highest BCUT2D eigenvalue weighted by Gasteiger charge is 2.13.